The first-order valence-corrected chi connectivity index (χ1v) is 9.98. The molecule has 0 aliphatic carbocycles. The van der Waals surface area contributed by atoms with Crippen molar-refractivity contribution in [1.82, 2.24) is 10.2 Å². The van der Waals surface area contributed by atoms with Crippen LogP contribution in [0.4, 0.5) is 4.79 Å². The first-order valence-electron chi connectivity index (χ1n) is 9.98. The molecule has 1 aromatic carbocycles. The summed E-state index contributed by atoms with van der Waals surface area (Å²) in [5.41, 5.74) is 0.0446. The van der Waals surface area contributed by atoms with Crippen LogP contribution in [0, 0.1) is 0 Å². The molecule has 1 spiro atoms. The minimum atomic E-state index is -0.549. The Bertz CT molecular complexity index is 838. The Hall–Kier alpha value is -2.97. The van der Waals surface area contributed by atoms with E-state index < -0.39 is 11.2 Å². The Kier molecular flexibility index (Phi) is 6.09. The van der Waals surface area contributed by atoms with Crippen LogP contribution in [0.25, 0.3) is 0 Å². The van der Waals surface area contributed by atoms with Crippen molar-refractivity contribution in [3.05, 3.63) is 23.8 Å². The van der Waals surface area contributed by atoms with E-state index >= 15 is 0 Å². The minimum absolute atomic E-state index is 0.0424. The summed E-state index contributed by atoms with van der Waals surface area (Å²) in [6, 6.07) is 4.89. The zero-order valence-corrected chi connectivity index (χ0v) is 17.9. The van der Waals surface area contributed by atoms with Crippen molar-refractivity contribution < 1.29 is 29.0 Å². The Labute approximate surface area is 176 Å². The zero-order valence-electron chi connectivity index (χ0n) is 17.9. The molecule has 2 heterocycles. The maximum atomic E-state index is 12.5. The smallest absolute Gasteiger partial charge is 0.410 e. The molecule has 9 heteroatoms. The number of carbonyl (C=O) groups is 2. The number of piperidine rings is 1. The van der Waals surface area contributed by atoms with Crippen LogP contribution in [-0.4, -0.2) is 59.1 Å². The number of aromatic hydroxyl groups is 1. The van der Waals surface area contributed by atoms with E-state index in [0.717, 1.165) is 5.56 Å². The van der Waals surface area contributed by atoms with Crippen molar-refractivity contribution in [1.29, 1.82) is 0 Å². The van der Waals surface area contributed by atoms with Crippen LogP contribution in [0.2, 0.25) is 0 Å². The largest absolute Gasteiger partial charge is 0.504 e. The number of carbonyl (C=O) groups excluding carboxylic acids is 2. The van der Waals surface area contributed by atoms with E-state index in [2.05, 4.69) is 10.5 Å². The lowest BCUT2D eigenvalue weighted by molar-refractivity contribution is -0.115. The Balaban J connectivity index is 1.49. The molecule has 1 saturated heterocycles. The molecule has 1 aromatic rings. The standard InChI is InChI=1S/C21H29N3O6/c1-20(2,3)29-19(27)24-9-7-21(8-10-24)12-15(23-30-21)18(26)22-13-14-5-6-16(25)17(11-14)28-4/h5-6,11,25H,7-10,12-13H2,1-4H3,(H,22,26). The molecule has 164 valence electrons. The summed E-state index contributed by atoms with van der Waals surface area (Å²) in [6.07, 6.45) is 1.24. The lowest BCUT2D eigenvalue weighted by Gasteiger charge is -2.37. The Morgan fingerprint density at radius 2 is 2.00 bits per heavy atom. The van der Waals surface area contributed by atoms with Gasteiger partial charge in [0.1, 0.15) is 16.9 Å². The highest BCUT2D eigenvalue weighted by atomic mass is 16.7. The fraction of sp³-hybridized carbons (Fsp3) is 0.571. The highest BCUT2D eigenvalue weighted by Gasteiger charge is 2.45. The van der Waals surface area contributed by atoms with Gasteiger partial charge < -0.3 is 29.6 Å². The van der Waals surface area contributed by atoms with Gasteiger partial charge in [-0.2, -0.15) is 0 Å². The molecule has 0 atom stereocenters. The van der Waals surface area contributed by atoms with Gasteiger partial charge in [0.2, 0.25) is 0 Å². The first kappa shape index (κ1) is 21.7. The van der Waals surface area contributed by atoms with E-state index in [0.29, 0.717) is 43.8 Å². The van der Waals surface area contributed by atoms with Crippen LogP contribution in [0.15, 0.2) is 23.4 Å². The van der Waals surface area contributed by atoms with Crippen molar-refractivity contribution in [2.24, 2.45) is 5.16 Å². The number of hydrogen-bond donors (Lipinski definition) is 2. The number of oxime groups is 1. The number of amides is 2. The molecule has 30 heavy (non-hydrogen) atoms. The molecule has 0 unspecified atom stereocenters. The summed E-state index contributed by atoms with van der Waals surface area (Å²) in [5.74, 6) is 0.0910. The summed E-state index contributed by atoms with van der Waals surface area (Å²) < 4.78 is 10.5. The van der Waals surface area contributed by atoms with Gasteiger partial charge in [-0.1, -0.05) is 11.2 Å². The van der Waals surface area contributed by atoms with Crippen molar-refractivity contribution in [2.75, 3.05) is 20.2 Å². The van der Waals surface area contributed by atoms with E-state index in [1.807, 2.05) is 20.8 Å². The van der Waals surface area contributed by atoms with Crippen molar-refractivity contribution in [3.63, 3.8) is 0 Å². The second kappa shape index (κ2) is 8.41. The van der Waals surface area contributed by atoms with Gasteiger partial charge >= 0.3 is 6.09 Å². The van der Waals surface area contributed by atoms with Gasteiger partial charge in [0.25, 0.3) is 5.91 Å². The van der Waals surface area contributed by atoms with Gasteiger partial charge in [0, 0.05) is 38.9 Å². The van der Waals surface area contributed by atoms with Gasteiger partial charge in [-0.05, 0) is 38.5 Å². The van der Waals surface area contributed by atoms with E-state index in [1.165, 1.54) is 13.2 Å². The number of phenolic OH excluding ortho intramolecular Hbond substituents is 1. The lowest BCUT2D eigenvalue weighted by Crippen LogP contribution is -2.48. The van der Waals surface area contributed by atoms with Crippen molar-refractivity contribution >= 4 is 17.7 Å². The number of nitrogens with one attached hydrogen (secondary N) is 1. The number of hydrogen-bond acceptors (Lipinski definition) is 7. The molecular weight excluding hydrogens is 390 g/mol. The predicted molar refractivity (Wildman–Crippen MR) is 109 cm³/mol. The molecule has 1 fully saturated rings. The quantitative estimate of drug-likeness (QED) is 0.776. The summed E-state index contributed by atoms with van der Waals surface area (Å²) in [4.78, 5) is 32.0. The lowest BCUT2D eigenvalue weighted by atomic mass is 9.87. The first-order chi connectivity index (χ1) is 14.1. The molecule has 0 saturated carbocycles. The topological polar surface area (TPSA) is 110 Å². The summed E-state index contributed by atoms with van der Waals surface area (Å²) in [7, 11) is 1.47. The molecule has 9 nitrogen and oxygen atoms in total. The van der Waals surface area contributed by atoms with E-state index in [9.17, 15) is 14.7 Å². The van der Waals surface area contributed by atoms with Gasteiger partial charge in [-0.25, -0.2) is 4.79 Å². The minimum Gasteiger partial charge on any atom is -0.504 e. The molecule has 2 aliphatic heterocycles. The van der Waals surface area contributed by atoms with Crippen molar-refractivity contribution in [2.45, 2.75) is 57.8 Å². The molecule has 3 rings (SSSR count). The normalized spacial score (nSPS) is 17.9. The SMILES string of the molecule is COc1cc(CNC(=O)C2=NOC3(CCN(C(=O)OC(C)(C)C)CC3)C2)ccc1O. The van der Waals surface area contributed by atoms with Crippen LogP contribution >= 0.6 is 0 Å². The monoisotopic (exact) mass is 419 g/mol. The van der Waals surface area contributed by atoms with Crippen LogP contribution in [0.5, 0.6) is 11.5 Å². The number of rotatable bonds is 4. The number of benzene rings is 1. The number of methoxy groups -OCH3 is 1. The predicted octanol–water partition coefficient (Wildman–Crippen LogP) is 2.56. The summed E-state index contributed by atoms with van der Waals surface area (Å²) in [6.45, 7) is 6.77. The molecule has 2 amide bonds. The van der Waals surface area contributed by atoms with Crippen LogP contribution in [0.3, 0.4) is 0 Å². The van der Waals surface area contributed by atoms with E-state index in [-0.39, 0.29) is 24.3 Å². The molecule has 0 radical (unpaired) electrons. The second-order valence-electron chi connectivity index (χ2n) is 8.65. The van der Waals surface area contributed by atoms with Gasteiger partial charge in [-0.15, -0.1) is 0 Å². The average molecular weight is 419 g/mol. The van der Waals surface area contributed by atoms with Crippen LogP contribution in [-0.2, 0) is 20.9 Å². The van der Waals surface area contributed by atoms with E-state index in [4.69, 9.17) is 14.3 Å². The summed E-state index contributed by atoms with van der Waals surface area (Å²) in [5, 5.41) is 16.5. The fourth-order valence-corrected chi connectivity index (χ4v) is 3.45. The van der Waals surface area contributed by atoms with Gasteiger partial charge in [-0.3, -0.25) is 4.79 Å². The fourth-order valence-electron chi connectivity index (χ4n) is 3.45. The number of ether oxygens (including phenoxy) is 2. The second-order valence-corrected chi connectivity index (χ2v) is 8.65. The van der Waals surface area contributed by atoms with Crippen molar-refractivity contribution in [3.8, 4) is 11.5 Å². The highest BCUT2D eigenvalue weighted by Crippen LogP contribution is 2.35. The van der Waals surface area contributed by atoms with Crippen LogP contribution in [0.1, 0.15) is 45.6 Å². The third-order valence-corrected chi connectivity index (χ3v) is 5.12. The molecular formula is C21H29N3O6. The number of phenols is 1. The van der Waals surface area contributed by atoms with E-state index in [1.54, 1.807) is 17.0 Å². The third kappa shape index (κ3) is 5.14. The number of likely N-dealkylation sites (tertiary alicyclic amines) is 1. The average Bonchev–Trinajstić information content (AvgIpc) is 3.10. The molecule has 0 aromatic heterocycles. The Morgan fingerprint density at radius 1 is 1.30 bits per heavy atom. The summed E-state index contributed by atoms with van der Waals surface area (Å²) >= 11 is 0. The van der Waals surface area contributed by atoms with Crippen LogP contribution < -0.4 is 10.1 Å². The maximum absolute atomic E-state index is 12.5. The molecule has 2 N–H and O–H groups in total. The number of nitrogens with zero attached hydrogens (tertiary/aromatic N) is 2. The zero-order chi connectivity index (χ0) is 21.9. The van der Waals surface area contributed by atoms with Gasteiger partial charge in [0.05, 0.1) is 7.11 Å². The third-order valence-electron chi connectivity index (χ3n) is 5.12. The van der Waals surface area contributed by atoms with Gasteiger partial charge in [0.15, 0.2) is 11.5 Å². The Morgan fingerprint density at radius 3 is 2.63 bits per heavy atom. The molecule has 2 aliphatic rings. The molecule has 0 bridgehead atoms. The maximum Gasteiger partial charge on any atom is 0.410 e. The highest BCUT2D eigenvalue weighted by molar-refractivity contribution is 6.39.